The van der Waals surface area contributed by atoms with Crippen molar-refractivity contribution in [3.05, 3.63) is 0 Å². The van der Waals surface area contributed by atoms with E-state index < -0.39 is 24.6 Å². The SMILES string of the molecule is OCCCCCCCCCOC1OC(CO)CC(O)C1O. The highest BCUT2D eigenvalue weighted by Crippen LogP contribution is 2.21. The van der Waals surface area contributed by atoms with Crippen LogP contribution in [-0.4, -0.2) is 64.8 Å². The smallest absolute Gasteiger partial charge is 0.186 e. The molecule has 0 aliphatic carbocycles. The summed E-state index contributed by atoms with van der Waals surface area (Å²) in [4.78, 5) is 0. The van der Waals surface area contributed by atoms with Crippen LogP contribution in [0, 0.1) is 0 Å². The number of ether oxygens (including phenoxy) is 2. The molecule has 1 fully saturated rings. The number of unbranched alkanes of at least 4 members (excludes halogenated alkanes) is 6. The summed E-state index contributed by atoms with van der Waals surface area (Å²) in [6.45, 7) is 0.568. The number of rotatable bonds is 11. The lowest BCUT2D eigenvalue weighted by molar-refractivity contribution is -0.271. The molecule has 0 amide bonds. The summed E-state index contributed by atoms with van der Waals surface area (Å²) in [5.74, 6) is 0. The Morgan fingerprint density at radius 2 is 1.52 bits per heavy atom. The molecule has 1 aliphatic heterocycles. The van der Waals surface area contributed by atoms with E-state index in [-0.39, 0.29) is 19.6 Å². The van der Waals surface area contributed by atoms with Gasteiger partial charge in [0, 0.05) is 19.6 Å². The maximum atomic E-state index is 9.77. The first-order chi connectivity index (χ1) is 10.2. The van der Waals surface area contributed by atoms with Crippen LogP contribution in [0.15, 0.2) is 0 Å². The third-order valence-electron chi connectivity index (χ3n) is 3.79. The van der Waals surface area contributed by atoms with E-state index in [0.29, 0.717) is 6.61 Å². The first-order valence-corrected chi connectivity index (χ1v) is 8.04. The number of hydrogen-bond donors (Lipinski definition) is 4. The van der Waals surface area contributed by atoms with Crippen molar-refractivity contribution < 1.29 is 29.9 Å². The van der Waals surface area contributed by atoms with Crippen molar-refractivity contribution in [1.82, 2.24) is 0 Å². The molecule has 1 saturated heterocycles. The van der Waals surface area contributed by atoms with Crippen LogP contribution in [0.5, 0.6) is 0 Å². The molecule has 1 rings (SSSR count). The van der Waals surface area contributed by atoms with Gasteiger partial charge in [0.2, 0.25) is 0 Å². The van der Waals surface area contributed by atoms with Crippen LogP contribution < -0.4 is 0 Å². The van der Waals surface area contributed by atoms with Crippen LogP contribution in [0.1, 0.15) is 51.4 Å². The molecule has 21 heavy (non-hydrogen) atoms. The predicted molar refractivity (Wildman–Crippen MR) is 77.7 cm³/mol. The highest BCUT2D eigenvalue weighted by Gasteiger charge is 2.36. The lowest BCUT2D eigenvalue weighted by Gasteiger charge is -2.36. The van der Waals surface area contributed by atoms with E-state index in [1.165, 1.54) is 0 Å². The Morgan fingerprint density at radius 3 is 2.14 bits per heavy atom. The Kier molecular flexibility index (Phi) is 10.2. The van der Waals surface area contributed by atoms with E-state index in [9.17, 15) is 10.2 Å². The van der Waals surface area contributed by atoms with Crippen molar-refractivity contribution in [2.24, 2.45) is 0 Å². The Morgan fingerprint density at radius 1 is 0.905 bits per heavy atom. The Balaban J connectivity index is 2.03. The quantitative estimate of drug-likeness (QED) is 0.416. The first kappa shape index (κ1) is 18.8. The largest absolute Gasteiger partial charge is 0.396 e. The second-order valence-corrected chi connectivity index (χ2v) is 5.67. The molecule has 0 aromatic carbocycles. The monoisotopic (exact) mass is 306 g/mol. The molecule has 1 aliphatic rings. The molecule has 4 unspecified atom stereocenters. The van der Waals surface area contributed by atoms with E-state index >= 15 is 0 Å². The number of hydrogen-bond acceptors (Lipinski definition) is 6. The zero-order valence-corrected chi connectivity index (χ0v) is 12.7. The molecule has 0 spiro atoms. The summed E-state index contributed by atoms with van der Waals surface area (Å²) in [5, 5.41) is 37.1. The Bertz CT molecular complexity index is 250. The minimum Gasteiger partial charge on any atom is -0.396 e. The summed E-state index contributed by atoms with van der Waals surface area (Å²) in [6.07, 6.45) is 4.28. The summed E-state index contributed by atoms with van der Waals surface area (Å²) in [7, 11) is 0. The van der Waals surface area contributed by atoms with Gasteiger partial charge in [-0.25, -0.2) is 0 Å². The fraction of sp³-hybridized carbons (Fsp3) is 1.00. The molecule has 0 saturated carbocycles. The van der Waals surface area contributed by atoms with Crippen molar-refractivity contribution in [3.63, 3.8) is 0 Å². The number of aliphatic hydroxyl groups is 4. The maximum Gasteiger partial charge on any atom is 0.186 e. The average Bonchev–Trinajstić information content (AvgIpc) is 2.49. The van der Waals surface area contributed by atoms with Gasteiger partial charge < -0.3 is 29.9 Å². The van der Waals surface area contributed by atoms with Gasteiger partial charge in [-0.2, -0.15) is 0 Å². The number of aliphatic hydroxyl groups excluding tert-OH is 4. The van der Waals surface area contributed by atoms with E-state index in [2.05, 4.69) is 0 Å². The summed E-state index contributed by atoms with van der Waals surface area (Å²) < 4.78 is 10.9. The van der Waals surface area contributed by atoms with Gasteiger partial charge in [0.15, 0.2) is 6.29 Å². The first-order valence-electron chi connectivity index (χ1n) is 8.04. The van der Waals surface area contributed by atoms with Crippen molar-refractivity contribution in [3.8, 4) is 0 Å². The minimum absolute atomic E-state index is 0.183. The third-order valence-corrected chi connectivity index (χ3v) is 3.79. The molecule has 6 heteroatoms. The second-order valence-electron chi connectivity index (χ2n) is 5.67. The van der Waals surface area contributed by atoms with Crippen LogP contribution in [0.4, 0.5) is 0 Å². The van der Waals surface area contributed by atoms with Crippen molar-refractivity contribution in [2.45, 2.75) is 76.0 Å². The molecule has 6 nitrogen and oxygen atoms in total. The second kappa shape index (κ2) is 11.3. The van der Waals surface area contributed by atoms with Gasteiger partial charge in [-0.05, 0) is 12.8 Å². The van der Waals surface area contributed by atoms with Gasteiger partial charge in [-0.15, -0.1) is 0 Å². The molecule has 0 bridgehead atoms. The lowest BCUT2D eigenvalue weighted by atomic mass is 10.0. The van der Waals surface area contributed by atoms with Gasteiger partial charge in [-0.1, -0.05) is 32.1 Å². The molecular weight excluding hydrogens is 276 g/mol. The normalized spacial score (nSPS) is 29.7. The highest BCUT2D eigenvalue weighted by molar-refractivity contribution is 4.80. The highest BCUT2D eigenvalue weighted by atomic mass is 16.7. The topological polar surface area (TPSA) is 99.4 Å². The van der Waals surface area contributed by atoms with Gasteiger partial charge >= 0.3 is 0 Å². The lowest BCUT2D eigenvalue weighted by Crippen LogP contribution is -2.50. The molecular formula is C15H30O6. The van der Waals surface area contributed by atoms with Crippen LogP contribution in [0.3, 0.4) is 0 Å². The molecule has 1 heterocycles. The van der Waals surface area contributed by atoms with Gasteiger partial charge in [0.05, 0.1) is 18.8 Å². The van der Waals surface area contributed by atoms with Gasteiger partial charge in [0.1, 0.15) is 6.10 Å². The fourth-order valence-electron chi connectivity index (χ4n) is 2.47. The van der Waals surface area contributed by atoms with Crippen molar-refractivity contribution >= 4 is 0 Å². The Hall–Kier alpha value is -0.240. The molecule has 0 aromatic rings. The summed E-state index contributed by atoms with van der Waals surface area (Å²) >= 11 is 0. The molecule has 4 N–H and O–H groups in total. The molecule has 4 atom stereocenters. The van der Waals surface area contributed by atoms with Crippen molar-refractivity contribution in [1.29, 1.82) is 0 Å². The minimum atomic E-state index is -1.05. The summed E-state index contributed by atoms with van der Waals surface area (Å²) in [6, 6.07) is 0. The van der Waals surface area contributed by atoms with E-state index in [1.807, 2.05) is 0 Å². The standard InChI is InChI=1S/C15H30O6/c16-8-6-4-2-1-3-5-7-9-20-15-14(19)13(18)10-12(11-17)21-15/h12-19H,1-11H2. The van der Waals surface area contributed by atoms with E-state index in [4.69, 9.17) is 19.7 Å². The van der Waals surface area contributed by atoms with Crippen LogP contribution in [0.2, 0.25) is 0 Å². The third kappa shape index (κ3) is 7.54. The van der Waals surface area contributed by atoms with Crippen LogP contribution in [0.25, 0.3) is 0 Å². The zero-order chi connectivity index (χ0) is 15.5. The van der Waals surface area contributed by atoms with Crippen molar-refractivity contribution in [2.75, 3.05) is 19.8 Å². The van der Waals surface area contributed by atoms with Gasteiger partial charge in [0.25, 0.3) is 0 Å². The summed E-state index contributed by atoms with van der Waals surface area (Å²) in [5.41, 5.74) is 0. The van der Waals surface area contributed by atoms with E-state index in [1.54, 1.807) is 0 Å². The molecule has 0 aromatic heterocycles. The van der Waals surface area contributed by atoms with E-state index in [0.717, 1.165) is 44.9 Å². The zero-order valence-electron chi connectivity index (χ0n) is 12.7. The predicted octanol–water partition coefficient (Wildman–Crippen LogP) is 0.555. The van der Waals surface area contributed by atoms with Crippen LogP contribution >= 0.6 is 0 Å². The average molecular weight is 306 g/mol. The maximum absolute atomic E-state index is 9.77. The molecule has 126 valence electrons. The van der Waals surface area contributed by atoms with Gasteiger partial charge in [-0.3, -0.25) is 0 Å². The van der Waals surface area contributed by atoms with Crippen LogP contribution in [-0.2, 0) is 9.47 Å². The Labute approximate surface area is 126 Å². The molecule has 0 radical (unpaired) electrons. The fourth-order valence-corrected chi connectivity index (χ4v) is 2.47.